The van der Waals surface area contributed by atoms with E-state index in [0.29, 0.717) is 25.6 Å². The summed E-state index contributed by atoms with van der Waals surface area (Å²) in [6.07, 6.45) is 3.48. The summed E-state index contributed by atoms with van der Waals surface area (Å²) >= 11 is 0. The van der Waals surface area contributed by atoms with Crippen LogP contribution in [0.5, 0.6) is 0 Å². The van der Waals surface area contributed by atoms with Gasteiger partial charge in [0.1, 0.15) is 0 Å². The Morgan fingerprint density at radius 3 is 2.76 bits per heavy atom. The summed E-state index contributed by atoms with van der Waals surface area (Å²) in [5.74, 6) is 0.478. The fourth-order valence-corrected chi connectivity index (χ4v) is 2.32. The van der Waals surface area contributed by atoms with Crippen molar-refractivity contribution >= 4 is 5.96 Å². The topological polar surface area (TPSA) is 95.1 Å². The van der Waals surface area contributed by atoms with Crippen LogP contribution in [-0.2, 0) is 6.54 Å². The molecule has 25 heavy (non-hydrogen) atoms. The zero-order valence-corrected chi connectivity index (χ0v) is 14.3. The molecule has 0 bridgehead atoms. The summed E-state index contributed by atoms with van der Waals surface area (Å²) in [5, 5.41) is 18.6. The van der Waals surface area contributed by atoms with Crippen LogP contribution >= 0.6 is 0 Å². The van der Waals surface area contributed by atoms with Gasteiger partial charge in [0.25, 0.3) is 5.56 Å². The number of aliphatic imine (C=N–C) groups is 1. The van der Waals surface area contributed by atoms with Gasteiger partial charge < -0.3 is 5.32 Å². The molecule has 2 N–H and O–H groups in total. The number of hydrogen-bond acceptors (Lipinski definition) is 4. The molecule has 7 nitrogen and oxygen atoms in total. The Labute approximate surface area is 147 Å². The predicted molar refractivity (Wildman–Crippen MR) is 97.9 cm³/mol. The highest BCUT2D eigenvalue weighted by Gasteiger charge is 2.03. The smallest absolute Gasteiger partial charge is 0.266 e. The summed E-state index contributed by atoms with van der Waals surface area (Å²) in [4.78, 5) is 16.1. The maximum Gasteiger partial charge on any atom is 0.266 e. The quantitative estimate of drug-likeness (QED) is 0.263. The largest absolute Gasteiger partial charge is 0.356 e. The van der Waals surface area contributed by atoms with Gasteiger partial charge in [0.2, 0.25) is 5.96 Å². The first-order valence-corrected chi connectivity index (χ1v) is 8.31. The van der Waals surface area contributed by atoms with Crippen molar-refractivity contribution in [3.05, 3.63) is 52.8 Å². The molecular formula is C18H22N6O. The number of guanidine groups is 1. The second kappa shape index (κ2) is 9.88. The summed E-state index contributed by atoms with van der Waals surface area (Å²) in [6.45, 7) is 3.72. The molecule has 1 heterocycles. The van der Waals surface area contributed by atoms with Crippen molar-refractivity contribution in [3.8, 4) is 17.5 Å². The highest BCUT2D eigenvalue weighted by molar-refractivity contribution is 5.81. The van der Waals surface area contributed by atoms with Crippen LogP contribution in [0.3, 0.4) is 0 Å². The van der Waals surface area contributed by atoms with Crippen molar-refractivity contribution in [2.45, 2.75) is 26.3 Å². The zero-order valence-electron chi connectivity index (χ0n) is 14.3. The molecule has 2 rings (SSSR count). The van der Waals surface area contributed by atoms with Crippen molar-refractivity contribution in [3.63, 3.8) is 0 Å². The van der Waals surface area contributed by atoms with Crippen molar-refractivity contribution in [1.29, 1.82) is 5.26 Å². The molecule has 0 radical (unpaired) electrons. The van der Waals surface area contributed by atoms with Gasteiger partial charge >= 0.3 is 0 Å². The van der Waals surface area contributed by atoms with Gasteiger partial charge in [0.15, 0.2) is 6.19 Å². The third kappa shape index (κ3) is 5.77. The second-order valence-electron chi connectivity index (χ2n) is 5.34. The number of nitriles is 1. The first-order chi connectivity index (χ1) is 12.2. The van der Waals surface area contributed by atoms with E-state index in [1.165, 1.54) is 4.68 Å². The first-order valence-electron chi connectivity index (χ1n) is 8.31. The van der Waals surface area contributed by atoms with Crippen LogP contribution < -0.4 is 16.2 Å². The van der Waals surface area contributed by atoms with E-state index in [9.17, 15) is 4.79 Å². The zero-order chi connectivity index (χ0) is 17.9. The fourth-order valence-electron chi connectivity index (χ4n) is 2.32. The average Bonchev–Trinajstić information content (AvgIpc) is 2.64. The molecule has 1 aromatic heterocycles. The molecule has 0 spiro atoms. The lowest BCUT2D eigenvalue weighted by atomic mass is 10.1. The minimum Gasteiger partial charge on any atom is -0.356 e. The maximum absolute atomic E-state index is 12.0. The van der Waals surface area contributed by atoms with E-state index < -0.39 is 0 Å². The van der Waals surface area contributed by atoms with Crippen LogP contribution in [0.4, 0.5) is 0 Å². The number of unbranched alkanes of at least 4 members (excludes halogenated alkanes) is 1. The van der Waals surface area contributed by atoms with E-state index in [2.05, 4.69) is 20.7 Å². The number of aryl methyl sites for hydroxylation is 1. The first kappa shape index (κ1) is 18.2. The van der Waals surface area contributed by atoms with Crippen LogP contribution in [0.15, 0.2) is 52.3 Å². The number of aromatic nitrogens is 2. The normalized spacial score (nSPS) is 11.0. The molecule has 0 unspecified atom stereocenters. The molecule has 0 amide bonds. The lowest BCUT2D eigenvalue weighted by Gasteiger charge is -2.09. The number of hydrogen-bond donors (Lipinski definition) is 2. The SMILES string of the molecule is CC/N=C(\NC#N)NCCCCn1nc(-c2ccccc2)ccc1=O. The third-order valence-corrected chi connectivity index (χ3v) is 3.52. The van der Waals surface area contributed by atoms with E-state index in [0.717, 1.165) is 24.1 Å². The van der Waals surface area contributed by atoms with Crippen molar-refractivity contribution < 1.29 is 0 Å². The molecular weight excluding hydrogens is 316 g/mol. The highest BCUT2D eigenvalue weighted by atomic mass is 16.1. The highest BCUT2D eigenvalue weighted by Crippen LogP contribution is 2.13. The van der Waals surface area contributed by atoms with Gasteiger partial charge in [-0.15, -0.1) is 0 Å². The Morgan fingerprint density at radius 1 is 1.24 bits per heavy atom. The van der Waals surface area contributed by atoms with E-state index in [1.54, 1.807) is 12.1 Å². The Bertz CT molecular complexity index is 791. The van der Waals surface area contributed by atoms with Crippen LogP contribution in [0, 0.1) is 11.5 Å². The summed E-state index contributed by atoms with van der Waals surface area (Å²) in [6, 6.07) is 13.1. The van der Waals surface area contributed by atoms with Crippen molar-refractivity contribution in [2.75, 3.05) is 13.1 Å². The summed E-state index contributed by atoms with van der Waals surface area (Å²) < 4.78 is 1.50. The predicted octanol–water partition coefficient (Wildman–Crippen LogP) is 1.73. The van der Waals surface area contributed by atoms with Crippen molar-refractivity contribution in [1.82, 2.24) is 20.4 Å². The van der Waals surface area contributed by atoms with Gasteiger partial charge in [-0.1, -0.05) is 30.3 Å². The third-order valence-electron chi connectivity index (χ3n) is 3.52. The minimum atomic E-state index is -0.105. The molecule has 130 valence electrons. The molecule has 0 fully saturated rings. The summed E-state index contributed by atoms with van der Waals surface area (Å²) in [7, 11) is 0. The lowest BCUT2D eigenvalue weighted by molar-refractivity contribution is 0.531. The van der Waals surface area contributed by atoms with Crippen LogP contribution in [0.1, 0.15) is 19.8 Å². The molecule has 0 aliphatic rings. The Morgan fingerprint density at radius 2 is 2.04 bits per heavy atom. The van der Waals surface area contributed by atoms with Gasteiger partial charge in [0.05, 0.1) is 5.69 Å². The Hall–Kier alpha value is -3.14. The van der Waals surface area contributed by atoms with E-state index in [4.69, 9.17) is 5.26 Å². The molecule has 0 saturated carbocycles. The maximum atomic E-state index is 12.0. The van der Waals surface area contributed by atoms with Crippen molar-refractivity contribution in [2.24, 2.45) is 4.99 Å². The minimum absolute atomic E-state index is 0.105. The van der Waals surface area contributed by atoms with Gasteiger partial charge in [-0.25, -0.2) is 4.68 Å². The molecule has 0 atom stereocenters. The van der Waals surface area contributed by atoms with E-state index in [1.807, 2.05) is 43.4 Å². The molecule has 0 aliphatic heterocycles. The van der Waals surface area contributed by atoms with E-state index in [-0.39, 0.29) is 5.56 Å². The standard InChI is InChI=1S/C18H22N6O/c1-2-20-18(22-14-19)21-12-6-7-13-24-17(25)11-10-16(23-24)15-8-4-3-5-9-15/h3-5,8-11H,2,6-7,12-13H2,1H3,(H2,20,21,22). The van der Waals surface area contributed by atoms with E-state index >= 15 is 0 Å². The second-order valence-corrected chi connectivity index (χ2v) is 5.34. The molecule has 1 aromatic carbocycles. The van der Waals surface area contributed by atoms with Gasteiger partial charge in [-0.2, -0.15) is 10.4 Å². The molecule has 0 saturated heterocycles. The Kier molecular flexibility index (Phi) is 7.19. The average molecular weight is 338 g/mol. The lowest BCUT2D eigenvalue weighted by Crippen LogP contribution is -2.35. The van der Waals surface area contributed by atoms with Gasteiger partial charge in [-0.05, 0) is 25.8 Å². The monoisotopic (exact) mass is 338 g/mol. The molecule has 2 aromatic rings. The molecule has 0 aliphatic carbocycles. The number of nitrogens with zero attached hydrogens (tertiary/aromatic N) is 4. The van der Waals surface area contributed by atoms with Crippen LogP contribution in [0.2, 0.25) is 0 Å². The number of nitrogens with one attached hydrogen (secondary N) is 2. The summed E-state index contributed by atoms with van der Waals surface area (Å²) in [5.41, 5.74) is 1.67. The number of benzene rings is 1. The van der Waals surface area contributed by atoms with Crippen LogP contribution in [0.25, 0.3) is 11.3 Å². The van der Waals surface area contributed by atoms with Gasteiger partial charge in [-0.3, -0.25) is 15.1 Å². The van der Waals surface area contributed by atoms with Gasteiger partial charge in [0, 0.05) is 31.3 Å². The fraction of sp³-hybridized carbons (Fsp3) is 0.333. The Balaban J connectivity index is 1.88. The number of rotatable bonds is 7. The van der Waals surface area contributed by atoms with Crippen LogP contribution in [-0.4, -0.2) is 28.8 Å². The molecule has 7 heteroatoms.